The van der Waals surface area contributed by atoms with Crippen LogP contribution in [0.25, 0.3) is 56.0 Å². The number of methoxy groups -OCH3 is 2. The minimum Gasteiger partial charge on any atom is -0.494 e. The second-order valence-corrected chi connectivity index (χ2v) is 15.5. The Kier molecular flexibility index (Phi) is 12.2. The van der Waals surface area contributed by atoms with E-state index in [-0.39, 0.29) is 23.5 Å². The molecule has 2 aliphatic rings. The predicted octanol–water partition coefficient (Wildman–Crippen LogP) is 5.42. The zero-order valence-corrected chi connectivity index (χ0v) is 36.5. The molecular formula is C43H46ClN15O4. The van der Waals surface area contributed by atoms with E-state index in [1.165, 1.54) is 9.59 Å². The summed E-state index contributed by atoms with van der Waals surface area (Å²) in [4.78, 5) is 33.9. The van der Waals surface area contributed by atoms with Gasteiger partial charge in [-0.15, -0.1) is 20.4 Å². The number of rotatable bonds is 12. The third kappa shape index (κ3) is 8.95. The van der Waals surface area contributed by atoms with Gasteiger partial charge in [0.05, 0.1) is 61.9 Å². The van der Waals surface area contributed by atoms with Crippen molar-refractivity contribution in [2.45, 2.75) is 58.8 Å². The highest BCUT2D eigenvalue weighted by atomic mass is 35.5. The van der Waals surface area contributed by atoms with Gasteiger partial charge in [0.1, 0.15) is 22.3 Å². The predicted molar refractivity (Wildman–Crippen MR) is 234 cm³/mol. The van der Waals surface area contributed by atoms with E-state index in [9.17, 15) is 9.59 Å². The number of benzene rings is 2. The van der Waals surface area contributed by atoms with E-state index in [1.807, 2.05) is 58.0 Å². The van der Waals surface area contributed by atoms with Gasteiger partial charge in [0.2, 0.25) is 17.6 Å². The van der Waals surface area contributed by atoms with Crippen LogP contribution in [-0.2, 0) is 42.9 Å². The maximum Gasteiger partial charge on any atom is 0.220 e. The van der Waals surface area contributed by atoms with Crippen LogP contribution in [0.5, 0.6) is 11.5 Å². The van der Waals surface area contributed by atoms with Crippen LogP contribution in [0.2, 0.25) is 5.15 Å². The van der Waals surface area contributed by atoms with Crippen molar-refractivity contribution in [3.8, 4) is 45.6 Å². The van der Waals surface area contributed by atoms with E-state index >= 15 is 0 Å². The highest BCUT2D eigenvalue weighted by Gasteiger charge is 2.30. The average Bonchev–Trinajstić information content (AvgIpc) is 4.18. The number of ether oxygens (including phenoxy) is 2. The molecular weight excluding hydrogens is 826 g/mol. The van der Waals surface area contributed by atoms with Gasteiger partial charge in [0.15, 0.2) is 11.5 Å². The molecule has 2 saturated carbocycles. The van der Waals surface area contributed by atoms with E-state index in [2.05, 4.69) is 54.6 Å². The number of tetrazole rings is 2. The number of para-hydroxylation sites is 2. The van der Waals surface area contributed by atoms with Crippen LogP contribution in [0.4, 0.5) is 0 Å². The summed E-state index contributed by atoms with van der Waals surface area (Å²) in [7, 11) is 6.67. The number of halogens is 1. The lowest BCUT2D eigenvalue weighted by molar-refractivity contribution is -0.120. The van der Waals surface area contributed by atoms with Gasteiger partial charge in [-0.25, -0.2) is 14.3 Å². The van der Waals surface area contributed by atoms with Gasteiger partial charge in [-0.3, -0.25) is 14.6 Å². The molecule has 2 aliphatic carbocycles. The molecule has 19 nitrogen and oxygen atoms in total. The van der Waals surface area contributed by atoms with Crippen molar-refractivity contribution in [1.29, 1.82) is 0 Å². The summed E-state index contributed by atoms with van der Waals surface area (Å²) >= 11 is 6.12. The number of ketones is 1. The Labute approximate surface area is 366 Å². The van der Waals surface area contributed by atoms with E-state index < -0.39 is 0 Å². The van der Waals surface area contributed by atoms with Crippen molar-refractivity contribution < 1.29 is 19.1 Å². The van der Waals surface area contributed by atoms with Crippen molar-refractivity contribution >= 4 is 45.1 Å². The van der Waals surface area contributed by atoms with Crippen LogP contribution < -0.4 is 15.2 Å². The molecule has 0 saturated heterocycles. The van der Waals surface area contributed by atoms with Gasteiger partial charge >= 0.3 is 0 Å². The number of pyridine rings is 2. The van der Waals surface area contributed by atoms with Crippen LogP contribution in [0.3, 0.4) is 0 Å². The second kappa shape index (κ2) is 18.1. The number of primary amides is 1. The SMILES string of the molecule is CCc1nn(-c2cccc(-c3nnn(C)n3)c2OC)c2cc(CC(=O)C3CC3)ncc12.CCc1nn(-c2cccc(-c3nnn(C)n3)c2OC)c2cc(Cl)ncc12.NC(=O)C1CC1. The lowest BCUT2D eigenvalue weighted by Gasteiger charge is -2.12. The molecule has 8 aromatic rings. The third-order valence-electron chi connectivity index (χ3n) is 10.7. The number of fused-ring (bicyclic) bond motifs is 2. The van der Waals surface area contributed by atoms with Gasteiger partial charge in [-0.1, -0.05) is 37.6 Å². The summed E-state index contributed by atoms with van der Waals surface area (Å²) in [6, 6.07) is 15.3. The topological polar surface area (TPSA) is 227 Å². The van der Waals surface area contributed by atoms with Gasteiger partial charge in [0.25, 0.3) is 0 Å². The molecule has 0 unspecified atom stereocenters. The molecule has 0 radical (unpaired) electrons. The molecule has 0 bridgehead atoms. The molecule has 6 aromatic heterocycles. The number of aryl methyl sites for hydroxylation is 4. The fourth-order valence-corrected chi connectivity index (χ4v) is 7.34. The van der Waals surface area contributed by atoms with Crippen LogP contribution >= 0.6 is 11.6 Å². The summed E-state index contributed by atoms with van der Waals surface area (Å²) in [5.74, 6) is 2.77. The number of aromatic nitrogens is 14. The van der Waals surface area contributed by atoms with Crippen molar-refractivity contribution in [2.24, 2.45) is 31.7 Å². The van der Waals surface area contributed by atoms with E-state index in [4.69, 9.17) is 37.0 Å². The van der Waals surface area contributed by atoms with Gasteiger partial charge in [0, 0.05) is 53.2 Å². The number of nitrogens with zero attached hydrogens (tertiary/aromatic N) is 14. The zero-order valence-electron chi connectivity index (χ0n) is 35.7. The zero-order chi connectivity index (χ0) is 44.4. The van der Waals surface area contributed by atoms with Crippen molar-refractivity contribution in [3.05, 3.63) is 83.2 Å². The summed E-state index contributed by atoms with van der Waals surface area (Å²) in [6.07, 6.45) is 9.52. The number of hydrogen-bond donors (Lipinski definition) is 1. The molecule has 63 heavy (non-hydrogen) atoms. The van der Waals surface area contributed by atoms with Crippen LogP contribution in [0.15, 0.2) is 60.9 Å². The molecule has 2 fully saturated rings. The number of hydrogen-bond acceptors (Lipinski definition) is 14. The Morgan fingerprint density at radius 2 is 1.21 bits per heavy atom. The maximum atomic E-state index is 12.3. The highest BCUT2D eigenvalue weighted by molar-refractivity contribution is 6.30. The van der Waals surface area contributed by atoms with Crippen molar-refractivity contribution in [1.82, 2.24) is 69.9 Å². The monoisotopic (exact) mass is 871 g/mol. The standard InChI is InChI=1S/C22H23N7O2.C17H16ClN7O.C4H7NO/c1-4-17-16-12-23-14(11-20(30)13-8-9-13)10-19(16)29(25-17)18-7-5-6-15(21(18)31-3)22-24-27-28(2)26-22;1-4-12-11-9-19-15(18)8-14(11)25(21-12)13-7-5-6-10(16(13)26-3)17-20-23-24(2)22-17;5-4(6)3-1-2-3/h5-7,10,12-13H,4,8-9,11H2,1-3H3;5-9H,4H2,1-3H3;3H,1-2H2,(H2,5,6). The number of carbonyl (C=O) groups excluding carboxylic acids is 2. The fraction of sp³-hybridized carbons (Fsp3) is 0.349. The Morgan fingerprint density at radius 3 is 1.62 bits per heavy atom. The molecule has 10 rings (SSSR count). The minimum atomic E-state index is -0.130. The summed E-state index contributed by atoms with van der Waals surface area (Å²) in [5, 5.41) is 36.6. The number of amides is 1. The maximum absolute atomic E-state index is 12.3. The fourth-order valence-electron chi connectivity index (χ4n) is 7.19. The second-order valence-electron chi connectivity index (χ2n) is 15.2. The highest BCUT2D eigenvalue weighted by Crippen LogP contribution is 2.37. The van der Waals surface area contributed by atoms with Gasteiger partial charge < -0.3 is 15.2 Å². The first kappa shape index (κ1) is 42.5. The molecule has 6 heterocycles. The quantitative estimate of drug-likeness (QED) is 0.151. The van der Waals surface area contributed by atoms with Crippen molar-refractivity contribution in [2.75, 3.05) is 14.2 Å². The van der Waals surface area contributed by atoms with Crippen LogP contribution in [0, 0.1) is 11.8 Å². The van der Waals surface area contributed by atoms with E-state index in [0.29, 0.717) is 34.7 Å². The smallest absolute Gasteiger partial charge is 0.220 e. The molecule has 2 N–H and O–H groups in total. The van der Waals surface area contributed by atoms with E-state index in [1.54, 1.807) is 40.6 Å². The lowest BCUT2D eigenvalue weighted by Crippen LogP contribution is -2.11. The summed E-state index contributed by atoms with van der Waals surface area (Å²) in [5.41, 5.74) is 12.3. The molecule has 0 aliphatic heterocycles. The van der Waals surface area contributed by atoms with Gasteiger partial charge in [-0.2, -0.15) is 19.8 Å². The normalized spacial score (nSPS) is 13.3. The molecule has 2 aromatic carbocycles. The van der Waals surface area contributed by atoms with E-state index in [0.717, 1.165) is 99.9 Å². The Hall–Kier alpha value is -7.15. The summed E-state index contributed by atoms with van der Waals surface area (Å²) < 4.78 is 15.1. The Bertz CT molecular complexity index is 2960. The molecule has 0 spiro atoms. The van der Waals surface area contributed by atoms with Crippen molar-refractivity contribution in [3.63, 3.8) is 0 Å². The number of carbonyl (C=O) groups is 2. The van der Waals surface area contributed by atoms with Crippen LogP contribution in [-0.4, -0.2) is 95.9 Å². The molecule has 20 heteroatoms. The number of Topliss-reactive ketones (excluding diaryl/α,β-unsaturated/α-hetero) is 1. The summed E-state index contributed by atoms with van der Waals surface area (Å²) in [6.45, 7) is 4.12. The largest absolute Gasteiger partial charge is 0.494 e. The molecule has 0 atom stereocenters. The average molecular weight is 872 g/mol. The lowest BCUT2D eigenvalue weighted by atomic mass is 10.1. The Balaban J connectivity index is 0.000000154. The third-order valence-corrected chi connectivity index (χ3v) is 10.9. The first-order valence-corrected chi connectivity index (χ1v) is 20.9. The van der Waals surface area contributed by atoms with Gasteiger partial charge in [-0.05, 0) is 79.3 Å². The first-order chi connectivity index (χ1) is 30.5. The minimum absolute atomic E-state index is 0.130. The molecule has 324 valence electrons. The Morgan fingerprint density at radius 1 is 0.714 bits per heavy atom. The number of nitrogens with two attached hydrogens (primary N) is 1. The molecule has 1 amide bonds. The van der Waals surface area contributed by atoms with Crippen LogP contribution in [0.1, 0.15) is 56.6 Å². The first-order valence-electron chi connectivity index (χ1n) is 20.6.